The summed E-state index contributed by atoms with van der Waals surface area (Å²) < 4.78 is 5.61. The summed E-state index contributed by atoms with van der Waals surface area (Å²) in [7, 11) is 0. The zero-order valence-electron chi connectivity index (χ0n) is 10.1. The van der Waals surface area contributed by atoms with Gasteiger partial charge in [0.05, 0.1) is 5.57 Å². The molecule has 2 aliphatic rings. The average Bonchev–Trinajstić information content (AvgIpc) is 2.43. The van der Waals surface area contributed by atoms with Crippen LogP contribution in [0.4, 0.5) is 0 Å². The smallest absolute Gasteiger partial charge is 0.226 e. The van der Waals surface area contributed by atoms with Crippen molar-refractivity contribution in [1.82, 2.24) is 0 Å². The fourth-order valence-electron chi connectivity index (χ4n) is 2.40. The van der Waals surface area contributed by atoms with Crippen LogP contribution in [0.1, 0.15) is 11.7 Å². The normalized spacial score (nSPS) is 19.3. The molecule has 0 amide bonds. The van der Waals surface area contributed by atoms with Gasteiger partial charge < -0.3 is 9.84 Å². The monoisotopic (exact) mass is 249 g/mol. The Morgan fingerprint density at radius 3 is 2.58 bits per heavy atom. The Balaban J connectivity index is 1.80. The third-order valence-corrected chi connectivity index (χ3v) is 3.48. The van der Waals surface area contributed by atoms with Crippen molar-refractivity contribution < 1.29 is 9.84 Å². The largest absolute Gasteiger partial charge is 0.438 e. The molecule has 1 N–H and O–H groups in total. The summed E-state index contributed by atoms with van der Waals surface area (Å²) in [6.45, 7) is 0. The minimum atomic E-state index is -0.639. The van der Waals surface area contributed by atoms with Crippen molar-refractivity contribution in [2.45, 2.75) is 6.10 Å². The van der Waals surface area contributed by atoms with Crippen LogP contribution in [-0.2, 0) is 0 Å². The topological polar surface area (TPSA) is 41.8 Å². The zero-order valence-corrected chi connectivity index (χ0v) is 10.1. The molecule has 0 fully saturated rings. The van der Waals surface area contributed by atoms with Gasteiger partial charge in [-0.25, -0.2) is 4.99 Å². The lowest BCUT2D eigenvalue weighted by atomic mass is 9.94. The van der Waals surface area contributed by atoms with Gasteiger partial charge in [-0.05, 0) is 23.3 Å². The summed E-state index contributed by atoms with van der Waals surface area (Å²) in [5.74, 6) is 1.22. The first-order valence-electron chi connectivity index (χ1n) is 6.16. The second-order valence-corrected chi connectivity index (χ2v) is 4.64. The van der Waals surface area contributed by atoms with Crippen LogP contribution in [0.15, 0.2) is 65.0 Å². The van der Waals surface area contributed by atoms with E-state index in [1.807, 2.05) is 48.5 Å². The number of aliphatic imine (C=N–C) groups is 1. The van der Waals surface area contributed by atoms with Gasteiger partial charge in [0.15, 0.2) is 0 Å². The van der Waals surface area contributed by atoms with Crippen LogP contribution in [0.5, 0.6) is 5.75 Å². The van der Waals surface area contributed by atoms with Gasteiger partial charge >= 0.3 is 0 Å². The zero-order chi connectivity index (χ0) is 12.8. The standard InChI is InChI=1S/C16H11NO2/c18-15-12-8-11(10-4-2-1-3-5-10)6-7-14(12)19-16-13(15)9-17-16/h1-9,15,18H. The molecule has 0 bridgehead atoms. The number of hydrogen-bond acceptors (Lipinski definition) is 3. The lowest BCUT2D eigenvalue weighted by Crippen LogP contribution is -2.20. The fourth-order valence-corrected chi connectivity index (χ4v) is 2.40. The van der Waals surface area contributed by atoms with Gasteiger partial charge in [0.25, 0.3) is 0 Å². The number of benzene rings is 2. The lowest BCUT2D eigenvalue weighted by Gasteiger charge is -2.28. The Kier molecular flexibility index (Phi) is 2.11. The first kappa shape index (κ1) is 10.5. The molecule has 19 heavy (non-hydrogen) atoms. The highest BCUT2D eigenvalue weighted by atomic mass is 16.5. The van der Waals surface area contributed by atoms with E-state index in [4.69, 9.17) is 4.74 Å². The molecule has 0 radical (unpaired) electrons. The van der Waals surface area contributed by atoms with Crippen molar-refractivity contribution in [2.24, 2.45) is 4.99 Å². The number of fused-ring (bicyclic) bond motifs is 1. The molecule has 0 aliphatic carbocycles. The van der Waals surface area contributed by atoms with Crippen LogP contribution in [0.2, 0.25) is 0 Å². The molecule has 2 heterocycles. The summed E-state index contributed by atoms with van der Waals surface area (Å²) in [4.78, 5) is 3.99. The summed E-state index contributed by atoms with van der Waals surface area (Å²) in [5.41, 5.74) is 3.76. The van der Waals surface area contributed by atoms with E-state index < -0.39 is 6.10 Å². The number of hydrogen-bond donors (Lipinski definition) is 1. The molecule has 2 aromatic carbocycles. The van der Waals surface area contributed by atoms with Gasteiger partial charge in [0.1, 0.15) is 11.9 Å². The predicted octanol–water partition coefficient (Wildman–Crippen LogP) is 3.08. The van der Waals surface area contributed by atoms with Crippen molar-refractivity contribution in [1.29, 1.82) is 0 Å². The van der Waals surface area contributed by atoms with Crippen molar-refractivity contribution in [3.63, 3.8) is 0 Å². The number of aliphatic hydroxyl groups excluding tert-OH is 1. The Morgan fingerprint density at radius 2 is 1.84 bits per heavy atom. The summed E-state index contributed by atoms with van der Waals surface area (Å²) in [6.07, 6.45) is 1.01. The molecule has 3 nitrogen and oxygen atoms in total. The molecule has 3 heteroatoms. The van der Waals surface area contributed by atoms with Gasteiger partial charge in [-0.1, -0.05) is 36.4 Å². The maximum atomic E-state index is 10.3. The molecule has 2 aromatic rings. The van der Waals surface area contributed by atoms with Gasteiger partial charge in [-0.2, -0.15) is 0 Å². The highest BCUT2D eigenvalue weighted by Gasteiger charge is 2.31. The minimum absolute atomic E-state index is 0.535. The Labute approximate surface area is 110 Å². The molecular weight excluding hydrogens is 238 g/mol. The molecule has 4 rings (SSSR count). The molecule has 0 saturated heterocycles. The maximum Gasteiger partial charge on any atom is 0.226 e. The molecule has 0 aromatic heterocycles. The first-order chi connectivity index (χ1) is 9.33. The van der Waals surface area contributed by atoms with Crippen molar-refractivity contribution in [3.05, 3.63) is 65.6 Å². The number of ether oxygens (including phenoxy) is 1. The summed E-state index contributed by atoms with van der Waals surface area (Å²) in [6, 6.07) is 15.9. The van der Waals surface area contributed by atoms with E-state index in [1.54, 1.807) is 6.21 Å². The molecular formula is C16H11NO2. The Bertz CT molecular complexity index is 717. The minimum Gasteiger partial charge on any atom is -0.438 e. The molecule has 1 unspecified atom stereocenters. The van der Waals surface area contributed by atoms with Crippen LogP contribution < -0.4 is 4.74 Å². The van der Waals surface area contributed by atoms with E-state index in [0.29, 0.717) is 11.6 Å². The Morgan fingerprint density at radius 1 is 1.00 bits per heavy atom. The Hall–Kier alpha value is -2.39. The predicted molar refractivity (Wildman–Crippen MR) is 73.0 cm³/mol. The van der Waals surface area contributed by atoms with Crippen LogP contribution in [0, 0.1) is 0 Å². The molecule has 92 valence electrons. The quantitative estimate of drug-likeness (QED) is 0.843. The second-order valence-electron chi connectivity index (χ2n) is 4.64. The van der Waals surface area contributed by atoms with Gasteiger partial charge in [-0.15, -0.1) is 0 Å². The van der Waals surface area contributed by atoms with E-state index in [-0.39, 0.29) is 0 Å². The third-order valence-electron chi connectivity index (χ3n) is 3.48. The number of rotatable bonds is 1. The maximum absolute atomic E-state index is 10.3. The van der Waals surface area contributed by atoms with Crippen molar-refractivity contribution >= 4 is 6.21 Å². The first-order valence-corrected chi connectivity index (χ1v) is 6.16. The van der Waals surface area contributed by atoms with Crippen molar-refractivity contribution in [2.75, 3.05) is 0 Å². The van der Waals surface area contributed by atoms with Crippen LogP contribution in [0.25, 0.3) is 11.1 Å². The van der Waals surface area contributed by atoms with Crippen molar-refractivity contribution in [3.8, 4) is 16.9 Å². The molecule has 2 aliphatic heterocycles. The van der Waals surface area contributed by atoms with E-state index >= 15 is 0 Å². The lowest BCUT2D eigenvalue weighted by molar-refractivity contribution is 0.196. The van der Waals surface area contributed by atoms with Crippen LogP contribution in [0.3, 0.4) is 0 Å². The van der Waals surface area contributed by atoms with Gasteiger partial charge in [0, 0.05) is 11.8 Å². The fraction of sp³-hybridized carbons (Fsp3) is 0.0625. The SMILES string of the molecule is OC1C2=C(N=C2)Oc2ccc(-c3ccccc3)cc21. The molecule has 0 saturated carbocycles. The average molecular weight is 249 g/mol. The van der Waals surface area contributed by atoms with E-state index in [1.165, 1.54) is 0 Å². The molecule has 1 atom stereocenters. The number of aliphatic hydroxyl groups is 1. The number of nitrogens with zero attached hydrogens (tertiary/aromatic N) is 1. The highest BCUT2D eigenvalue weighted by Crippen LogP contribution is 2.41. The van der Waals surface area contributed by atoms with E-state index in [0.717, 1.165) is 22.3 Å². The third kappa shape index (κ3) is 1.52. The second kappa shape index (κ2) is 3.80. The van der Waals surface area contributed by atoms with Gasteiger partial charge in [-0.3, -0.25) is 0 Å². The van der Waals surface area contributed by atoms with Crippen LogP contribution in [-0.4, -0.2) is 11.3 Å². The molecule has 0 spiro atoms. The summed E-state index contributed by atoms with van der Waals surface area (Å²) >= 11 is 0. The van der Waals surface area contributed by atoms with E-state index in [9.17, 15) is 5.11 Å². The van der Waals surface area contributed by atoms with Gasteiger partial charge in [0.2, 0.25) is 5.88 Å². The van der Waals surface area contributed by atoms with Crippen LogP contribution >= 0.6 is 0 Å². The summed E-state index contributed by atoms with van der Waals surface area (Å²) in [5, 5.41) is 10.3. The highest BCUT2D eigenvalue weighted by molar-refractivity contribution is 5.89. The van der Waals surface area contributed by atoms with E-state index in [2.05, 4.69) is 4.99 Å².